The number of ether oxygens (including phenoxy) is 1. The molecule has 4 rings (SSSR count). The molecule has 1 atom stereocenters. The molecule has 6 nitrogen and oxygen atoms in total. The van der Waals surface area contributed by atoms with E-state index in [2.05, 4.69) is 15.1 Å². The van der Waals surface area contributed by atoms with Crippen LogP contribution in [0.5, 0.6) is 5.75 Å². The number of methoxy groups -OCH3 is 1. The van der Waals surface area contributed by atoms with Crippen LogP contribution in [0.3, 0.4) is 0 Å². The second-order valence-electron chi connectivity index (χ2n) is 7.42. The SMILES string of the molecule is COc1cc(C=Cc2nc(C(C)c3cccc(F)c3)n(C)n2)ccc1-n1cnc(C)c1. The van der Waals surface area contributed by atoms with Gasteiger partial charge in [0.1, 0.15) is 17.4 Å². The minimum absolute atomic E-state index is 0.0756. The van der Waals surface area contributed by atoms with E-state index in [-0.39, 0.29) is 11.7 Å². The Labute approximate surface area is 180 Å². The zero-order chi connectivity index (χ0) is 22.0. The van der Waals surface area contributed by atoms with Crippen LogP contribution < -0.4 is 4.74 Å². The van der Waals surface area contributed by atoms with Gasteiger partial charge < -0.3 is 9.30 Å². The van der Waals surface area contributed by atoms with Gasteiger partial charge in [0.05, 0.1) is 24.8 Å². The fraction of sp³-hybridized carbons (Fsp3) is 0.208. The van der Waals surface area contributed by atoms with Gasteiger partial charge in [-0.3, -0.25) is 4.68 Å². The van der Waals surface area contributed by atoms with E-state index >= 15 is 0 Å². The van der Waals surface area contributed by atoms with E-state index in [0.29, 0.717) is 5.82 Å². The van der Waals surface area contributed by atoms with Gasteiger partial charge in [-0.2, -0.15) is 5.10 Å². The van der Waals surface area contributed by atoms with Gasteiger partial charge in [-0.25, -0.2) is 14.4 Å². The van der Waals surface area contributed by atoms with E-state index in [0.717, 1.165) is 34.1 Å². The van der Waals surface area contributed by atoms with Crippen LogP contribution in [0.15, 0.2) is 55.0 Å². The standard InChI is InChI=1S/C24H24FN5O/c1-16-14-30(15-26-16)21-10-8-18(12-22(21)31-4)9-11-23-27-24(29(3)28-23)17(2)19-6-5-7-20(25)13-19/h5-15,17H,1-4H3. The van der Waals surface area contributed by atoms with E-state index in [4.69, 9.17) is 4.74 Å². The molecule has 0 spiro atoms. The quantitative estimate of drug-likeness (QED) is 0.453. The Morgan fingerprint density at radius 3 is 2.68 bits per heavy atom. The molecule has 0 bridgehead atoms. The number of hydrogen-bond acceptors (Lipinski definition) is 4. The van der Waals surface area contributed by atoms with Crippen molar-refractivity contribution in [2.75, 3.05) is 7.11 Å². The lowest BCUT2D eigenvalue weighted by Gasteiger charge is -2.10. The van der Waals surface area contributed by atoms with Crippen LogP contribution in [0.2, 0.25) is 0 Å². The van der Waals surface area contributed by atoms with Crippen molar-refractivity contribution in [3.8, 4) is 11.4 Å². The zero-order valence-corrected chi connectivity index (χ0v) is 18.0. The first-order valence-electron chi connectivity index (χ1n) is 9.98. The van der Waals surface area contributed by atoms with Gasteiger partial charge in [0, 0.05) is 19.2 Å². The summed E-state index contributed by atoms with van der Waals surface area (Å²) in [7, 11) is 3.50. The van der Waals surface area contributed by atoms with Crippen molar-refractivity contribution in [1.82, 2.24) is 24.3 Å². The van der Waals surface area contributed by atoms with Gasteiger partial charge in [0.2, 0.25) is 0 Å². The summed E-state index contributed by atoms with van der Waals surface area (Å²) in [5.41, 5.74) is 3.68. The normalized spacial score (nSPS) is 12.4. The van der Waals surface area contributed by atoms with Crippen LogP contribution in [-0.4, -0.2) is 31.4 Å². The van der Waals surface area contributed by atoms with E-state index in [1.807, 2.05) is 68.1 Å². The van der Waals surface area contributed by atoms with Gasteiger partial charge in [-0.15, -0.1) is 0 Å². The molecule has 0 aliphatic heterocycles. The highest BCUT2D eigenvalue weighted by atomic mass is 19.1. The Morgan fingerprint density at radius 1 is 1.13 bits per heavy atom. The highest BCUT2D eigenvalue weighted by Gasteiger charge is 2.16. The van der Waals surface area contributed by atoms with Gasteiger partial charge >= 0.3 is 0 Å². The Morgan fingerprint density at radius 2 is 1.97 bits per heavy atom. The fourth-order valence-corrected chi connectivity index (χ4v) is 3.52. The summed E-state index contributed by atoms with van der Waals surface area (Å²) in [6, 6.07) is 12.5. The molecule has 0 amide bonds. The minimum Gasteiger partial charge on any atom is -0.495 e. The van der Waals surface area contributed by atoms with E-state index < -0.39 is 0 Å². The van der Waals surface area contributed by atoms with Crippen LogP contribution in [0.4, 0.5) is 4.39 Å². The lowest BCUT2D eigenvalue weighted by atomic mass is 10.0. The topological polar surface area (TPSA) is 57.8 Å². The largest absolute Gasteiger partial charge is 0.495 e. The number of aryl methyl sites for hydroxylation is 2. The summed E-state index contributed by atoms with van der Waals surface area (Å²) in [6.45, 7) is 3.94. The van der Waals surface area contributed by atoms with Crippen molar-refractivity contribution in [3.63, 3.8) is 0 Å². The number of halogens is 1. The third kappa shape index (κ3) is 4.40. The average molecular weight is 417 g/mol. The molecule has 0 saturated heterocycles. The molecule has 4 aromatic rings. The molecule has 2 heterocycles. The summed E-state index contributed by atoms with van der Waals surface area (Å²) in [5, 5.41) is 4.49. The van der Waals surface area contributed by atoms with Crippen LogP contribution in [0.25, 0.3) is 17.8 Å². The molecular weight excluding hydrogens is 393 g/mol. The van der Waals surface area contributed by atoms with Crippen LogP contribution in [0.1, 0.15) is 41.3 Å². The van der Waals surface area contributed by atoms with Gasteiger partial charge in [0.25, 0.3) is 0 Å². The van der Waals surface area contributed by atoms with Gasteiger partial charge in [0.15, 0.2) is 5.82 Å². The minimum atomic E-state index is -0.255. The van der Waals surface area contributed by atoms with Crippen molar-refractivity contribution in [2.24, 2.45) is 7.05 Å². The van der Waals surface area contributed by atoms with Crippen molar-refractivity contribution in [2.45, 2.75) is 19.8 Å². The molecule has 0 saturated carbocycles. The molecule has 0 aliphatic carbocycles. The van der Waals surface area contributed by atoms with Crippen molar-refractivity contribution in [3.05, 3.63) is 89.3 Å². The van der Waals surface area contributed by atoms with Crippen LogP contribution >= 0.6 is 0 Å². The van der Waals surface area contributed by atoms with Crippen molar-refractivity contribution < 1.29 is 9.13 Å². The van der Waals surface area contributed by atoms with Crippen LogP contribution in [-0.2, 0) is 7.05 Å². The second kappa shape index (κ2) is 8.55. The number of nitrogens with zero attached hydrogens (tertiary/aromatic N) is 5. The molecular formula is C24H24FN5O. The van der Waals surface area contributed by atoms with Crippen molar-refractivity contribution in [1.29, 1.82) is 0 Å². The smallest absolute Gasteiger partial charge is 0.174 e. The zero-order valence-electron chi connectivity index (χ0n) is 18.0. The predicted octanol–water partition coefficient (Wildman–Crippen LogP) is 4.78. The summed E-state index contributed by atoms with van der Waals surface area (Å²) in [5.74, 6) is 1.78. The maximum absolute atomic E-state index is 13.6. The highest BCUT2D eigenvalue weighted by Crippen LogP contribution is 2.26. The molecule has 2 aromatic carbocycles. The van der Waals surface area contributed by atoms with Gasteiger partial charge in [-0.05, 0) is 48.4 Å². The predicted molar refractivity (Wildman–Crippen MR) is 119 cm³/mol. The highest BCUT2D eigenvalue weighted by molar-refractivity contribution is 5.69. The fourth-order valence-electron chi connectivity index (χ4n) is 3.52. The second-order valence-corrected chi connectivity index (χ2v) is 7.42. The number of hydrogen-bond donors (Lipinski definition) is 0. The molecule has 7 heteroatoms. The summed E-state index contributed by atoms with van der Waals surface area (Å²) in [4.78, 5) is 8.91. The van der Waals surface area contributed by atoms with E-state index in [1.165, 1.54) is 12.1 Å². The first kappa shape index (κ1) is 20.5. The molecule has 2 aromatic heterocycles. The Kier molecular flexibility index (Phi) is 5.66. The number of imidazole rings is 1. The lowest BCUT2D eigenvalue weighted by molar-refractivity contribution is 0.413. The third-order valence-corrected chi connectivity index (χ3v) is 5.17. The summed E-state index contributed by atoms with van der Waals surface area (Å²) >= 11 is 0. The number of rotatable bonds is 6. The molecule has 31 heavy (non-hydrogen) atoms. The lowest BCUT2D eigenvalue weighted by Crippen LogP contribution is -2.05. The van der Waals surface area contributed by atoms with Gasteiger partial charge in [-0.1, -0.05) is 31.2 Å². The first-order chi connectivity index (χ1) is 14.9. The van der Waals surface area contributed by atoms with Crippen molar-refractivity contribution >= 4 is 12.2 Å². The molecule has 1 unspecified atom stereocenters. The Bertz CT molecular complexity index is 1240. The maximum Gasteiger partial charge on any atom is 0.174 e. The maximum atomic E-state index is 13.6. The average Bonchev–Trinajstić information content (AvgIpc) is 3.36. The molecule has 0 radical (unpaired) electrons. The molecule has 158 valence electrons. The van der Waals surface area contributed by atoms with E-state index in [9.17, 15) is 4.39 Å². The number of aromatic nitrogens is 5. The molecule has 0 fully saturated rings. The Hall–Kier alpha value is -3.74. The summed E-state index contributed by atoms with van der Waals surface area (Å²) in [6.07, 6.45) is 7.52. The first-order valence-corrected chi connectivity index (χ1v) is 9.98. The molecule has 0 N–H and O–H groups in total. The Balaban J connectivity index is 1.57. The molecule has 0 aliphatic rings. The summed E-state index contributed by atoms with van der Waals surface area (Å²) < 4.78 is 22.8. The third-order valence-electron chi connectivity index (χ3n) is 5.17. The van der Waals surface area contributed by atoms with Crippen LogP contribution in [0, 0.1) is 12.7 Å². The van der Waals surface area contributed by atoms with E-state index in [1.54, 1.807) is 24.2 Å². The number of benzene rings is 2. The monoisotopic (exact) mass is 417 g/mol.